The van der Waals surface area contributed by atoms with Crippen molar-refractivity contribution in [3.8, 4) is 0 Å². The van der Waals surface area contributed by atoms with E-state index in [4.69, 9.17) is 4.74 Å². The first-order chi connectivity index (χ1) is 12.6. The molecule has 1 fully saturated rings. The Balaban J connectivity index is 1.61. The summed E-state index contributed by atoms with van der Waals surface area (Å²) in [6.07, 6.45) is 6.94. The van der Waals surface area contributed by atoms with Gasteiger partial charge in [-0.15, -0.1) is 11.3 Å². The van der Waals surface area contributed by atoms with Crippen LogP contribution in [-0.2, 0) is 17.7 Å². The minimum atomic E-state index is 0.392. The minimum Gasteiger partial charge on any atom is -0.382 e. The molecule has 0 aromatic carbocycles. The molecule has 0 spiro atoms. The summed E-state index contributed by atoms with van der Waals surface area (Å²) < 4.78 is 5.72. The second-order valence-corrected chi connectivity index (χ2v) is 8.90. The molecule has 1 aliphatic heterocycles. The molecule has 2 aromatic rings. The molecule has 0 N–H and O–H groups in total. The summed E-state index contributed by atoms with van der Waals surface area (Å²) in [6.45, 7) is 11.4. The molecule has 1 atom stereocenters. The van der Waals surface area contributed by atoms with Gasteiger partial charge in [0.05, 0.1) is 0 Å². The highest BCUT2D eigenvalue weighted by atomic mass is 32.1. The maximum absolute atomic E-state index is 5.72. The zero-order valence-electron chi connectivity index (χ0n) is 16.5. The number of thiophene rings is 1. The predicted octanol–water partition coefficient (Wildman–Crippen LogP) is 5.01. The highest BCUT2D eigenvalue weighted by molar-refractivity contribution is 7.10. The van der Waals surface area contributed by atoms with Crippen LogP contribution in [0.25, 0.3) is 0 Å². The van der Waals surface area contributed by atoms with Crippen molar-refractivity contribution in [3.05, 3.63) is 51.5 Å². The number of aromatic nitrogens is 1. The molecular weight excluding hydrogens is 340 g/mol. The zero-order valence-corrected chi connectivity index (χ0v) is 17.3. The number of hydrogen-bond acceptors (Lipinski definition) is 4. The third-order valence-electron chi connectivity index (χ3n) is 5.61. The molecule has 0 amide bonds. The van der Waals surface area contributed by atoms with Gasteiger partial charge in [-0.25, -0.2) is 0 Å². The summed E-state index contributed by atoms with van der Waals surface area (Å²) in [7, 11) is 0. The van der Waals surface area contributed by atoms with Crippen molar-refractivity contribution in [2.75, 3.05) is 26.3 Å². The monoisotopic (exact) mass is 372 g/mol. The standard InChI is InChI=1S/C22H32N2OS/c1-4-25-12-10-22(8-7-20-13-19(3)26-16-20)9-11-24(17-22)15-21-6-5-18(2)23-14-21/h5-6,13-14,16H,4,7-12,15,17H2,1-3H3/t22-/m0/s1. The molecule has 26 heavy (non-hydrogen) atoms. The largest absolute Gasteiger partial charge is 0.382 e. The predicted molar refractivity (Wildman–Crippen MR) is 110 cm³/mol. The van der Waals surface area contributed by atoms with Gasteiger partial charge >= 0.3 is 0 Å². The van der Waals surface area contributed by atoms with Gasteiger partial charge in [0, 0.05) is 43.1 Å². The summed E-state index contributed by atoms with van der Waals surface area (Å²) >= 11 is 1.87. The molecule has 0 saturated carbocycles. The Morgan fingerprint density at radius 3 is 2.81 bits per heavy atom. The average Bonchev–Trinajstić information content (AvgIpc) is 3.22. The van der Waals surface area contributed by atoms with Crippen LogP contribution in [0, 0.1) is 19.3 Å². The Bertz CT molecular complexity index is 682. The van der Waals surface area contributed by atoms with E-state index in [0.29, 0.717) is 5.41 Å². The number of ether oxygens (including phenoxy) is 1. The van der Waals surface area contributed by atoms with Gasteiger partial charge in [0.2, 0.25) is 0 Å². The van der Waals surface area contributed by atoms with Gasteiger partial charge in [0.15, 0.2) is 0 Å². The van der Waals surface area contributed by atoms with Crippen molar-refractivity contribution in [3.63, 3.8) is 0 Å². The Morgan fingerprint density at radius 2 is 2.12 bits per heavy atom. The first-order valence-electron chi connectivity index (χ1n) is 9.84. The molecule has 2 aromatic heterocycles. The van der Waals surface area contributed by atoms with E-state index in [-0.39, 0.29) is 0 Å². The first-order valence-corrected chi connectivity index (χ1v) is 10.7. The lowest BCUT2D eigenvalue weighted by Crippen LogP contribution is -2.29. The van der Waals surface area contributed by atoms with E-state index < -0.39 is 0 Å². The molecule has 142 valence electrons. The number of hydrogen-bond donors (Lipinski definition) is 0. The van der Waals surface area contributed by atoms with E-state index >= 15 is 0 Å². The summed E-state index contributed by atoms with van der Waals surface area (Å²) in [5.74, 6) is 0. The highest BCUT2D eigenvalue weighted by Gasteiger charge is 2.37. The van der Waals surface area contributed by atoms with Crippen molar-refractivity contribution in [1.29, 1.82) is 0 Å². The fourth-order valence-corrected chi connectivity index (χ4v) is 4.76. The quantitative estimate of drug-likeness (QED) is 0.579. The first kappa shape index (κ1) is 19.5. The summed E-state index contributed by atoms with van der Waals surface area (Å²) in [5, 5.41) is 2.33. The molecule has 0 radical (unpaired) electrons. The number of pyridine rings is 1. The van der Waals surface area contributed by atoms with Crippen LogP contribution in [0.4, 0.5) is 0 Å². The second kappa shape index (κ2) is 9.12. The molecule has 1 aliphatic rings. The van der Waals surface area contributed by atoms with E-state index in [0.717, 1.165) is 25.5 Å². The lowest BCUT2D eigenvalue weighted by Gasteiger charge is -2.29. The summed E-state index contributed by atoms with van der Waals surface area (Å²) in [6, 6.07) is 6.69. The Labute approximate surface area is 162 Å². The topological polar surface area (TPSA) is 25.4 Å². The van der Waals surface area contributed by atoms with Gasteiger partial charge in [-0.2, -0.15) is 0 Å². The van der Waals surface area contributed by atoms with Crippen LogP contribution in [0.15, 0.2) is 29.8 Å². The fourth-order valence-electron chi connectivity index (χ4n) is 4.02. The smallest absolute Gasteiger partial charge is 0.0471 e. The van der Waals surface area contributed by atoms with Crippen molar-refractivity contribution < 1.29 is 4.74 Å². The van der Waals surface area contributed by atoms with Crippen molar-refractivity contribution in [1.82, 2.24) is 9.88 Å². The van der Waals surface area contributed by atoms with Crippen LogP contribution in [-0.4, -0.2) is 36.2 Å². The minimum absolute atomic E-state index is 0.392. The highest BCUT2D eigenvalue weighted by Crippen LogP contribution is 2.39. The molecule has 1 saturated heterocycles. The maximum atomic E-state index is 5.72. The molecule has 3 nitrogen and oxygen atoms in total. The zero-order chi connectivity index (χ0) is 18.4. The summed E-state index contributed by atoms with van der Waals surface area (Å²) in [5.41, 5.74) is 4.31. The second-order valence-electron chi connectivity index (χ2n) is 7.78. The Morgan fingerprint density at radius 1 is 1.23 bits per heavy atom. The van der Waals surface area contributed by atoms with Gasteiger partial charge in [0.1, 0.15) is 0 Å². The number of nitrogens with zero attached hydrogens (tertiary/aromatic N) is 2. The van der Waals surface area contributed by atoms with E-state index in [2.05, 4.69) is 47.3 Å². The average molecular weight is 373 g/mol. The SMILES string of the molecule is CCOCC[C@]1(CCc2csc(C)c2)CCN(Cc2ccc(C)nc2)C1. The third kappa shape index (κ3) is 5.38. The molecule has 3 heterocycles. The third-order valence-corrected chi connectivity index (χ3v) is 6.52. The molecule has 3 rings (SSSR count). The number of rotatable bonds is 9. The van der Waals surface area contributed by atoms with E-state index in [1.165, 1.54) is 54.8 Å². The van der Waals surface area contributed by atoms with E-state index in [1.807, 2.05) is 24.5 Å². The molecule has 4 heteroatoms. The summed E-state index contributed by atoms with van der Waals surface area (Å²) in [4.78, 5) is 8.48. The van der Waals surface area contributed by atoms with Crippen molar-refractivity contribution >= 4 is 11.3 Å². The van der Waals surface area contributed by atoms with Crippen molar-refractivity contribution in [2.24, 2.45) is 5.41 Å². The van der Waals surface area contributed by atoms with Gasteiger partial charge in [-0.3, -0.25) is 9.88 Å². The van der Waals surface area contributed by atoms with Gasteiger partial charge in [-0.1, -0.05) is 6.07 Å². The maximum Gasteiger partial charge on any atom is 0.0471 e. The molecule has 0 bridgehead atoms. The van der Waals surface area contributed by atoms with Crippen LogP contribution in [0.3, 0.4) is 0 Å². The Kier molecular flexibility index (Phi) is 6.85. The van der Waals surface area contributed by atoms with Crippen LogP contribution < -0.4 is 0 Å². The van der Waals surface area contributed by atoms with Crippen LogP contribution in [0.5, 0.6) is 0 Å². The van der Waals surface area contributed by atoms with Crippen LogP contribution in [0.2, 0.25) is 0 Å². The Hall–Kier alpha value is -1.23. The van der Waals surface area contributed by atoms with Gasteiger partial charge < -0.3 is 4.74 Å². The molecular formula is C22H32N2OS. The lowest BCUT2D eigenvalue weighted by atomic mass is 9.79. The normalized spacial score (nSPS) is 20.7. The van der Waals surface area contributed by atoms with Crippen LogP contribution in [0.1, 0.15) is 47.9 Å². The van der Waals surface area contributed by atoms with E-state index in [9.17, 15) is 0 Å². The number of likely N-dealkylation sites (tertiary alicyclic amines) is 1. The fraction of sp³-hybridized carbons (Fsp3) is 0.591. The number of aryl methyl sites for hydroxylation is 3. The lowest BCUT2D eigenvalue weighted by molar-refractivity contribution is 0.0989. The van der Waals surface area contributed by atoms with Gasteiger partial charge in [-0.05, 0) is 87.1 Å². The molecule has 0 aliphatic carbocycles. The molecule has 0 unspecified atom stereocenters. The van der Waals surface area contributed by atoms with Gasteiger partial charge in [0.25, 0.3) is 0 Å². The van der Waals surface area contributed by atoms with E-state index in [1.54, 1.807) is 0 Å². The van der Waals surface area contributed by atoms with Crippen LogP contribution >= 0.6 is 11.3 Å². The van der Waals surface area contributed by atoms with Crippen molar-refractivity contribution in [2.45, 2.75) is 53.0 Å².